The van der Waals surface area contributed by atoms with Gasteiger partial charge in [-0.2, -0.15) is 0 Å². The van der Waals surface area contributed by atoms with Gasteiger partial charge in [0.1, 0.15) is 0 Å². The average molecular weight is 430 g/mol. The summed E-state index contributed by atoms with van der Waals surface area (Å²) in [4.78, 5) is 3.33. The summed E-state index contributed by atoms with van der Waals surface area (Å²) in [5, 5.41) is 0. The van der Waals surface area contributed by atoms with E-state index in [4.69, 9.17) is 0 Å². The van der Waals surface area contributed by atoms with Crippen LogP contribution in [-0.2, 0) is 16.3 Å². The van der Waals surface area contributed by atoms with E-state index >= 15 is 0 Å². The Bertz CT molecular complexity index is 897. The fourth-order valence-corrected chi connectivity index (χ4v) is 5.29. The smallest absolute Gasteiger partial charge is 0.206 e. The van der Waals surface area contributed by atoms with Crippen molar-refractivity contribution < 1.29 is 8.42 Å². The molecule has 1 fully saturated rings. The summed E-state index contributed by atoms with van der Waals surface area (Å²) in [7, 11) is -3.42. The van der Waals surface area contributed by atoms with E-state index in [9.17, 15) is 8.42 Å². The molecule has 0 N–H and O–H groups in total. The van der Waals surface area contributed by atoms with Crippen LogP contribution in [0.25, 0.3) is 0 Å². The van der Waals surface area contributed by atoms with Gasteiger partial charge in [0.15, 0.2) is 0 Å². The summed E-state index contributed by atoms with van der Waals surface area (Å²) >= 11 is 0. The molecule has 0 aromatic heterocycles. The molecular formula is C26H39NO2S. The summed E-state index contributed by atoms with van der Waals surface area (Å²) in [6, 6.07) is 12.5. The second-order valence-corrected chi connectivity index (χ2v) is 10.6. The van der Waals surface area contributed by atoms with Crippen molar-refractivity contribution in [2.24, 2.45) is 5.92 Å². The molecule has 0 atom stereocenters. The molecule has 2 aromatic carbocycles. The van der Waals surface area contributed by atoms with Crippen molar-refractivity contribution in [3.05, 3.63) is 59.2 Å². The van der Waals surface area contributed by atoms with Gasteiger partial charge in [-0.1, -0.05) is 45.4 Å². The highest BCUT2D eigenvalue weighted by atomic mass is 32.2. The first-order chi connectivity index (χ1) is 14.3. The molecule has 2 aromatic rings. The summed E-state index contributed by atoms with van der Waals surface area (Å²) in [6.45, 7) is 14.6. The first-order valence-corrected chi connectivity index (χ1v) is 12.9. The van der Waals surface area contributed by atoms with Gasteiger partial charge in [0.05, 0.1) is 9.79 Å². The third-order valence-corrected chi connectivity index (χ3v) is 7.62. The summed E-state index contributed by atoms with van der Waals surface area (Å²) < 4.78 is 25.3. The van der Waals surface area contributed by atoms with E-state index in [1.165, 1.54) is 38.9 Å². The first kappa shape index (κ1) is 24.6. The molecule has 0 unspecified atom stereocenters. The highest BCUT2D eigenvalue weighted by molar-refractivity contribution is 7.91. The lowest BCUT2D eigenvalue weighted by Crippen LogP contribution is -2.33. The minimum Gasteiger partial charge on any atom is -0.303 e. The summed E-state index contributed by atoms with van der Waals surface area (Å²) in [6.07, 6.45) is 6.06. The standard InChI is InChI=1S/C17H20O2S.C9H19N/c1-4-6-15-12-17(10-9-14(15)3)20(18,19)16-8-5-7-13(2)11-16;1-3-6-10-7-4-9(2)5-8-10/h5,7-12H,4,6H2,1-3H3;9H,3-8H2,1-2H3. The predicted molar refractivity (Wildman–Crippen MR) is 127 cm³/mol. The van der Waals surface area contributed by atoms with Gasteiger partial charge in [-0.05, 0) is 106 Å². The minimum absolute atomic E-state index is 0.365. The number of aryl methyl sites for hydroxylation is 3. The number of sulfone groups is 1. The van der Waals surface area contributed by atoms with Gasteiger partial charge in [0.25, 0.3) is 0 Å². The fraction of sp³-hybridized carbons (Fsp3) is 0.538. The first-order valence-electron chi connectivity index (χ1n) is 11.4. The molecule has 0 amide bonds. The van der Waals surface area contributed by atoms with Gasteiger partial charge in [-0.15, -0.1) is 0 Å². The number of piperidine rings is 1. The Morgan fingerprint density at radius 2 is 1.60 bits per heavy atom. The average Bonchev–Trinajstić information content (AvgIpc) is 2.72. The van der Waals surface area contributed by atoms with Crippen LogP contribution in [-0.4, -0.2) is 33.0 Å². The van der Waals surface area contributed by atoms with E-state index < -0.39 is 9.84 Å². The molecule has 1 saturated heterocycles. The third kappa shape index (κ3) is 6.95. The van der Waals surface area contributed by atoms with Gasteiger partial charge in [0.2, 0.25) is 9.84 Å². The lowest BCUT2D eigenvalue weighted by atomic mass is 9.99. The number of hydrogen-bond acceptors (Lipinski definition) is 3. The molecule has 3 nitrogen and oxygen atoms in total. The topological polar surface area (TPSA) is 37.4 Å². The van der Waals surface area contributed by atoms with Crippen LogP contribution in [0.3, 0.4) is 0 Å². The Morgan fingerprint density at radius 3 is 2.20 bits per heavy atom. The van der Waals surface area contributed by atoms with E-state index in [1.54, 1.807) is 24.3 Å². The van der Waals surface area contributed by atoms with E-state index in [-0.39, 0.29) is 0 Å². The number of nitrogens with zero attached hydrogens (tertiary/aromatic N) is 1. The van der Waals surface area contributed by atoms with Crippen LogP contribution >= 0.6 is 0 Å². The Kier molecular flexibility index (Phi) is 9.57. The van der Waals surface area contributed by atoms with E-state index in [0.29, 0.717) is 9.79 Å². The molecule has 0 radical (unpaired) electrons. The van der Waals surface area contributed by atoms with Crippen molar-refractivity contribution in [2.45, 2.75) is 76.5 Å². The zero-order valence-corrected chi connectivity index (χ0v) is 20.3. The Morgan fingerprint density at radius 1 is 0.933 bits per heavy atom. The number of hydrogen-bond donors (Lipinski definition) is 0. The summed E-state index contributed by atoms with van der Waals surface area (Å²) in [5.74, 6) is 0.980. The van der Waals surface area contributed by atoms with Gasteiger partial charge >= 0.3 is 0 Å². The lowest BCUT2D eigenvalue weighted by molar-refractivity contribution is 0.193. The molecule has 1 aliphatic heterocycles. The van der Waals surface area contributed by atoms with Crippen LogP contribution in [0.2, 0.25) is 0 Å². The zero-order chi connectivity index (χ0) is 22.1. The van der Waals surface area contributed by atoms with Crippen LogP contribution in [0.15, 0.2) is 52.3 Å². The molecule has 1 heterocycles. The molecule has 0 aliphatic carbocycles. The molecule has 166 valence electrons. The van der Waals surface area contributed by atoms with Crippen LogP contribution in [0, 0.1) is 19.8 Å². The van der Waals surface area contributed by atoms with E-state index in [2.05, 4.69) is 25.7 Å². The van der Waals surface area contributed by atoms with Gasteiger partial charge in [0, 0.05) is 0 Å². The van der Waals surface area contributed by atoms with Crippen molar-refractivity contribution in [2.75, 3.05) is 19.6 Å². The van der Waals surface area contributed by atoms with Gasteiger partial charge < -0.3 is 4.90 Å². The number of rotatable bonds is 6. The normalized spacial score (nSPS) is 15.5. The highest BCUT2D eigenvalue weighted by Gasteiger charge is 2.18. The largest absolute Gasteiger partial charge is 0.303 e. The molecule has 30 heavy (non-hydrogen) atoms. The SMILES string of the molecule is CCCN1CCC(C)CC1.CCCc1cc(S(=O)(=O)c2cccc(C)c2)ccc1C. The molecule has 3 rings (SSSR count). The molecule has 1 aliphatic rings. The number of benzene rings is 2. The quantitative estimate of drug-likeness (QED) is 0.547. The van der Waals surface area contributed by atoms with Crippen LogP contribution < -0.4 is 0 Å². The lowest BCUT2D eigenvalue weighted by Gasteiger charge is -2.29. The maximum Gasteiger partial charge on any atom is 0.206 e. The van der Waals surface area contributed by atoms with E-state index in [1.807, 2.05) is 32.0 Å². The summed E-state index contributed by atoms with van der Waals surface area (Å²) in [5.41, 5.74) is 3.21. The van der Waals surface area contributed by atoms with Gasteiger partial charge in [-0.25, -0.2) is 8.42 Å². The molecule has 0 saturated carbocycles. The maximum absolute atomic E-state index is 12.7. The monoisotopic (exact) mass is 429 g/mol. The molecule has 0 spiro atoms. The molecule has 4 heteroatoms. The number of likely N-dealkylation sites (tertiary alicyclic amines) is 1. The van der Waals surface area contributed by atoms with Crippen LogP contribution in [0.5, 0.6) is 0 Å². The Balaban J connectivity index is 0.000000269. The van der Waals surface area contributed by atoms with Crippen molar-refractivity contribution >= 4 is 9.84 Å². The Labute approximate surface area is 184 Å². The van der Waals surface area contributed by atoms with Crippen molar-refractivity contribution in [1.82, 2.24) is 4.90 Å². The fourth-order valence-electron chi connectivity index (χ4n) is 3.87. The zero-order valence-electron chi connectivity index (χ0n) is 19.4. The molecular weight excluding hydrogens is 390 g/mol. The van der Waals surface area contributed by atoms with Gasteiger partial charge in [-0.3, -0.25) is 0 Å². The predicted octanol–water partition coefficient (Wildman–Crippen LogP) is 6.22. The van der Waals surface area contributed by atoms with Crippen molar-refractivity contribution in [3.63, 3.8) is 0 Å². The Hall–Kier alpha value is -1.65. The second-order valence-electron chi connectivity index (χ2n) is 8.68. The molecule has 0 bridgehead atoms. The van der Waals surface area contributed by atoms with Crippen LogP contribution in [0.1, 0.15) is 63.1 Å². The van der Waals surface area contributed by atoms with Crippen molar-refractivity contribution in [1.29, 1.82) is 0 Å². The van der Waals surface area contributed by atoms with Crippen molar-refractivity contribution in [3.8, 4) is 0 Å². The second kappa shape index (κ2) is 11.7. The third-order valence-electron chi connectivity index (χ3n) is 5.87. The highest BCUT2D eigenvalue weighted by Crippen LogP contribution is 2.24. The van der Waals surface area contributed by atoms with E-state index in [0.717, 1.165) is 35.4 Å². The van der Waals surface area contributed by atoms with Crippen LogP contribution in [0.4, 0.5) is 0 Å². The maximum atomic E-state index is 12.7. The minimum atomic E-state index is -3.42.